The smallest absolute Gasteiger partial charge is 0.223 e. The molecule has 0 spiro atoms. The van der Waals surface area contributed by atoms with E-state index in [-0.39, 0.29) is 23.2 Å². The van der Waals surface area contributed by atoms with Gasteiger partial charge in [-0.3, -0.25) is 4.79 Å². The maximum Gasteiger partial charge on any atom is 0.223 e. The van der Waals surface area contributed by atoms with E-state index in [1.54, 1.807) is 11.3 Å². The summed E-state index contributed by atoms with van der Waals surface area (Å²) in [4.78, 5) is 13.6. The molecule has 1 aromatic rings. The molecule has 1 heterocycles. The number of amides is 1. The molecule has 2 N–H and O–H groups in total. The molecule has 0 aliphatic heterocycles. The lowest BCUT2D eigenvalue weighted by molar-refractivity contribution is -0.123. The van der Waals surface area contributed by atoms with Crippen molar-refractivity contribution >= 4 is 17.2 Å². The Morgan fingerprint density at radius 2 is 2.19 bits per heavy atom. The molecule has 4 heteroatoms. The Labute approximate surface area is 131 Å². The minimum Gasteiger partial charge on any atom is -0.392 e. The lowest BCUT2D eigenvalue weighted by Crippen LogP contribution is -2.44. The summed E-state index contributed by atoms with van der Waals surface area (Å²) >= 11 is 1.75. The van der Waals surface area contributed by atoms with Gasteiger partial charge in [-0.2, -0.15) is 0 Å². The highest BCUT2D eigenvalue weighted by Crippen LogP contribution is 2.50. The van der Waals surface area contributed by atoms with Crippen LogP contribution in [0.3, 0.4) is 0 Å². The summed E-state index contributed by atoms with van der Waals surface area (Å²) in [6.45, 7) is 10.7. The molecule has 3 atom stereocenters. The summed E-state index contributed by atoms with van der Waals surface area (Å²) in [6, 6.07) is 2.12. The maximum absolute atomic E-state index is 12.3. The van der Waals surface area contributed by atoms with Crippen LogP contribution in [-0.2, 0) is 4.79 Å². The van der Waals surface area contributed by atoms with E-state index in [0.29, 0.717) is 12.5 Å². The predicted octanol–water partition coefficient (Wildman–Crippen LogP) is 3.32. The van der Waals surface area contributed by atoms with Gasteiger partial charge < -0.3 is 10.4 Å². The van der Waals surface area contributed by atoms with Gasteiger partial charge in [-0.15, -0.1) is 11.3 Å². The van der Waals surface area contributed by atoms with Crippen molar-refractivity contribution in [1.29, 1.82) is 0 Å². The molecule has 3 unspecified atom stereocenters. The third-order valence-electron chi connectivity index (χ3n) is 4.52. The number of aliphatic hydroxyl groups is 1. The molecule has 1 aromatic heterocycles. The second-order valence-electron chi connectivity index (χ2n) is 7.31. The number of rotatable bonds is 6. The number of hydrogen-bond acceptors (Lipinski definition) is 3. The van der Waals surface area contributed by atoms with E-state index in [0.717, 1.165) is 6.42 Å². The molecular weight excluding hydrogens is 282 g/mol. The summed E-state index contributed by atoms with van der Waals surface area (Å²) in [5, 5.41) is 15.3. The summed E-state index contributed by atoms with van der Waals surface area (Å²) in [5.41, 5.74) is 1.00. The molecule has 1 saturated carbocycles. The van der Waals surface area contributed by atoms with Crippen LogP contribution in [0.4, 0.5) is 0 Å². The Bertz CT molecular complexity index is 507. The van der Waals surface area contributed by atoms with Crippen molar-refractivity contribution in [2.24, 2.45) is 17.3 Å². The summed E-state index contributed by atoms with van der Waals surface area (Å²) < 4.78 is 0. The first-order valence-corrected chi connectivity index (χ1v) is 8.61. The molecule has 2 rings (SSSR count). The third-order valence-corrected chi connectivity index (χ3v) is 5.67. The fraction of sp³-hybridized carbons (Fsp3) is 0.706. The Kier molecular flexibility index (Phi) is 4.79. The van der Waals surface area contributed by atoms with E-state index in [2.05, 4.69) is 23.7 Å². The van der Waals surface area contributed by atoms with Gasteiger partial charge >= 0.3 is 0 Å². The Balaban J connectivity index is 1.86. The van der Waals surface area contributed by atoms with Crippen molar-refractivity contribution in [1.82, 2.24) is 5.32 Å². The zero-order valence-corrected chi connectivity index (χ0v) is 14.5. The molecule has 1 fully saturated rings. The van der Waals surface area contributed by atoms with Gasteiger partial charge in [-0.25, -0.2) is 0 Å². The summed E-state index contributed by atoms with van der Waals surface area (Å²) in [5.74, 6) is 0.855. The predicted molar refractivity (Wildman–Crippen MR) is 87.5 cm³/mol. The molecule has 0 bridgehead atoms. The normalized spacial score (nSPS) is 23.2. The topological polar surface area (TPSA) is 49.3 Å². The highest BCUT2D eigenvalue weighted by atomic mass is 32.1. The number of aliphatic hydroxyl groups excluding tert-OH is 1. The van der Waals surface area contributed by atoms with Crippen molar-refractivity contribution in [3.8, 4) is 0 Å². The van der Waals surface area contributed by atoms with Gasteiger partial charge in [0.15, 0.2) is 0 Å². The fourth-order valence-corrected chi connectivity index (χ4v) is 4.10. The first-order valence-electron chi connectivity index (χ1n) is 7.74. The Morgan fingerprint density at radius 1 is 1.52 bits per heavy atom. The number of aryl methyl sites for hydroxylation is 1. The van der Waals surface area contributed by atoms with Crippen LogP contribution in [0.5, 0.6) is 0 Å². The van der Waals surface area contributed by atoms with E-state index in [4.69, 9.17) is 0 Å². The van der Waals surface area contributed by atoms with Crippen LogP contribution in [0.15, 0.2) is 11.4 Å². The molecule has 0 radical (unpaired) electrons. The number of carbonyl (C=O) groups is 1. The van der Waals surface area contributed by atoms with Crippen LogP contribution in [0.25, 0.3) is 0 Å². The van der Waals surface area contributed by atoms with Gasteiger partial charge in [-0.1, -0.05) is 27.7 Å². The van der Waals surface area contributed by atoms with E-state index in [1.165, 1.54) is 10.4 Å². The van der Waals surface area contributed by atoms with Gasteiger partial charge in [0.05, 0.1) is 6.10 Å². The first-order chi connectivity index (χ1) is 9.74. The van der Waals surface area contributed by atoms with Gasteiger partial charge in [0.1, 0.15) is 0 Å². The largest absolute Gasteiger partial charge is 0.392 e. The first kappa shape index (κ1) is 16.5. The minimum absolute atomic E-state index is 0.120. The standard InChI is InChI=1S/C17H27NO2S/c1-10(2)15(19)17(4,5)9-18-16(20)13-8-12(13)14-11(3)6-7-21-14/h6-7,10,12-13,15,19H,8-9H2,1-5H3,(H,18,20). The third kappa shape index (κ3) is 3.67. The molecule has 1 aliphatic carbocycles. The van der Waals surface area contributed by atoms with E-state index >= 15 is 0 Å². The highest BCUT2D eigenvalue weighted by Gasteiger charge is 2.45. The monoisotopic (exact) mass is 309 g/mol. The number of carbonyl (C=O) groups excluding carboxylic acids is 1. The van der Waals surface area contributed by atoms with E-state index in [9.17, 15) is 9.90 Å². The molecular formula is C17H27NO2S. The van der Waals surface area contributed by atoms with Crippen molar-refractivity contribution in [2.45, 2.75) is 53.1 Å². The van der Waals surface area contributed by atoms with Crippen molar-refractivity contribution < 1.29 is 9.90 Å². The fourth-order valence-electron chi connectivity index (χ4n) is 2.99. The second-order valence-corrected chi connectivity index (χ2v) is 8.26. The quantitative estimate of drug-likeness (QED) is 0.847. The number of nitrogens with one attached hydrogen (secondary N) is 1. The lowest BCUT2D eigenvalue weighted by atomic mass is 9.80. The molecule has 21 heavy (non-hydrogen) atoms. The van der Waals surface area contributed by atoms with Crippen LogP contribution in [0, 0.1) is 24.2 Å². The van der Waals surface area contributed by atoms with E-state index < -0.39 is 6.10 Å². The van der Waals surface area contributed by atoms with E-state index in [1.807, 2.05) is 27.7 Å². The zero-order chi connectivity index (χ0) is 15.8. The second kappa shape index (κ2) is 6.09. The molecule has 1 aliphatic rings. The van der Waals surface area contributed by atoms with Crippen LogP contribution in [-0.4, -0.2) is 23.7 Å². The van der Waals surface area contributed by atoms with Crippen LogP contribution < -0.4 is 5.32 Å². The van der Waals surface area contributed by atoms with Gasteiger partial charge in [0.2, 0.25) is 5.91 Å². The van der Waals surface area contributed by atoms with Crippen LogP contribution >= 0.6 is 11.3 Å². The Hall–Kier alpha value is -0.870. The maximum atomic E-state index is 12.3. The lowest BCUT2D eigenvalue weighted by Gasteiger charge is -2.33. The SMILES string of the molecule is Cc1ccsc1C1CC1C(=O)NCC(C)(C)C(O)C(C)C. The van der Waals surface area contributed by atoms with Gasteiger partial charge in [0.25, 0.3) is 0 Å². The Morgan fingerprint density at radius 3 is 2.71 bits per heavy atom. The highest BCUT2D eigenvalue weighted by molar-refractivity contribution is 7.10. The van der Waals surface area contributed by atoms with Crippen LogP contribution in [0.2, 0.25) is 0 Å². The van der Waals surface area contributed by atoms with Crippen molar-refractivity contribution in [3.05, 3.63) is 21.9 Å². The number of hydrogen-bond donors (Lipinski definition) is 2. The van der Waals surface area contributed by atoms with Crippen molar-refractivity contribution in [2.75, 3.05) is 6.54 Å². The van der Waals surface area contributed by atoms with Crippen LogP contribution in [0.1, 0.15) is 50.5 Å². The molecule has 1 amide bonds. The number of thiophene rings is 1. The average molecular weight is 309 g/mol. The van der Waals surface area contributed by atoms with Gasteiger partial charge in [0, 0.05) is 28.7 Å². The molecule has 0 aromatic carbocycles. The molecule has 3 nitrogen and oxygen atoms in total. The summed E-state index contributed by atoms with van der Waals surface area (Å²) in [7, 11) is 0. The minimum atomic E-state index is -0.410. The molecule has 0 saturated heterocycles. The van der Waals surface area contributed by atoms with Crippen molar-refractivity contribution in [3.63, 3.8) is 0 Å². The average Bonchev–Trinajstić information content (AvgIpc) is 3.10. The van der Waals surface area contributed by atoms with Gasteiger partial charge in [-0.05, 0) is 36.3 Å². The summed E-state index contributed by atoms with van der Waals surface area (Å²) in [6.07, 6.45) is 0.549. The molecule has 118 valence electrons. The zero-order valence-electron chi connectivity index (χ0n) is 13.6.